The van der Waals surface area contributed by atoms with E-state index in [0.29, 0.717) is 5.56 Å². The van der Waals surface area contributed by atoms with Crippen molar-refractivity contribution in [2.75, 3.05) is 0 Å². The second kappa shape index (κ2) is 7.56. The van der Waals surface area contributed by atoms with Crippen LogP contribution in [0.4, 0.5) is 5.69 Å². The van der Waals surface area contributed by atoms with Gasteiger partial charge in [-0.2, -0.15) is 0 Å². The third kappa shape index (κ3) is 4.19. The Kier molecular flexibility index (Phi) is 5.48. The summed E-state index contributed by atoms with van der Waals surface area (Å²) in [6, 6.07) is 3.82. The van der Waals surface area contributed by atoms with Crippen molar-refractivity contribution in [3.63, 3.8) is 0 Å². The summed E-state index contributed by atoms with van der Waals surface area (Å²) in [4.78, 5) is 45.6. The summed E-state index contributed by atoms with van der Waals surface area (Å²) in [5.74, 6) is -3.93. The first-order valence-corrected chi connectivity index (χ1v) is 7.54. The average Bonchev–Trinajstić information content (AvgIpc) is 2.58. The van der Waals surface area contributed by atoms with E-state index < -0.39 is 34.5 Å². The Morgan fingerprint density at radius 1 is 1.16 bits per heavy atom. The van der Waals surface area contributed by atoms with Gasteiger partial charge in [0.05, 0.1) is 16.8 Å². The normalized spacial score (nSPS) is 19.1. The molecule has 0 fully saturated rings. The van der Waals surface area contributed by atoms with Crippen molar-refractivity contribution < 1.29 is 24.4 Å². The number of aliphatic carboxylic acids is 1. The minimum absolute atomic E-state index is 0.112. The van der Waals surface area contributed by atoms with Crippen LogP contribution in [0.25, 0.3) is 0 Å². The Morgan fingerprint density at radius 2 is 1.80 bits per heavy atom. The standard InChI is InChI=1S/C16H17N3O6/c1-9-8-10(6-7-13(9)19(24)25)14(20)17-18-15(21)11-4-2-3-5-12(11)16(22)23/h2-3,6-8,11-12H,4-5H2,1H3,(H,17,20)(H,18,21)(H,22,23)/t11-,12+/m0/s1. The number of carboxylic acids is 1. The van der Waals surface area contributed by atoms with E-state index in [9.17, 15) is 24.5 Å². The van der Waals surface area contributed by atoms with Crippen molar-refractivity contribution in [3.8, 4) is 0 Å². The van der Waals surface area contributed by atoms with E-state index in [-0.39, 0.29) is 24.1 Å². The summed E-state index contributed by atoms with van der Waals surface area (Å²) >= 11 is 0. The van der Waals surface area contributed by atoms with E-state index in [2.05, 4.69) is 10.9 Å². The van der Waals surface area contributed by atoms with Crippen molar-refractivity contribution >= 4 is 23.5 Å². The molecule has 25 heavy (non-hydrogen) atoms. The van der Waals surface area contributed by atoms with E-state index in [4.69, 9.17) is 5.11 Å². The number of rotatable bonds is 4. The van der Waals surface area contributed by atoms with Gasteiger partial charge in [0.1, 0.15) is 0 Å². The minimum Gasteiger partial charge on any atom is -0.481 e. The molecule has 132 valence electrons. The molecule has 9 heteroatoms. The number of amides is 2. The summed E-state index contributed by atoms with van der Waals surface area (Å²) in [5.41, 5.74) is 4.77. The highest BCUT2D eigenvalue weighted by Gasteiger charge is 2.34. The molecule has 0 saturated carbocycles. The number of carbonyl (C=O) groups excluding carboxylic acids is 2. The Bertz CT molecular complexity index is 758. The fourth-order valence-corrected chi connectivity index (χ4v) is 2.66. The molecule has 0 radical (unpaired) electrons. The number of carbonyl (C=O) groups is 3. The van der Waals surface area contributed by atoms with Gasteiger partial charge in [-0.15, -0.1) is 0 Å². The van der Waals surface area contributed by atoms with Crippen LogP contribution in [0, 0.1) is 28.9 Å². The lowest BCUT2D eigenvalue weighted by Gasteiger charge is -2.24. The molecule has 2 amide bonds. The number of benzene rings is 1. The van der Waals surface area contributed by atoms with Crippen molar-refractivity contribution in [1.82, 2.24) is 10.9 Å². The zero-order valence-corrected chi connectivity index (χ0v) is 13.4. The molecule has 9 nitrogen and oxygen atoms in total. The van der Waals surface area contributed by atoms with Gasteiger partial charge in [-0.1, -0.05) is 12.2 Å². The van der Waals surface area contributed by atoms with Gasteiger partial charge in [0.15, 0.2) is 0 Å². The third-order valence-electron chi connectivity index (χ3n) is 4.04. The summed E-state index contributed by atoms with van der Waals surface area (Å²) < 4.78 is 0. The quantitative estimate of drug-likeness (QED) is 0.427. The predicted molar refractivity (Wildman–Crippen MR) is 86.4 cm³/mol. The van der Waals surface area contributed by atoms with Crippen LogP contribution >= 0.6 is 0 Å². The topological polar surface area (TPSA) is 139 Å². The number of nitrogens with zero attached hydrogens (tertiary/aromatic N) is 1. The van der Waals surface area contributed by atoms with Gasteiger partial charge in [-0.3, -0.25) is 35.3 Å². The zero-order valence-electron chi connectivity index (χ0n) is 13.4. The summed E-state index contributed by atoms with van der Waals surface area (Å²) in [7, 11) is 0. The number of nitro groups is 1. The van der Waals surface area contributed by atoms with Crippen LogP contribution in [-0.4, -0.2) is 27.8 Å². The average molecular weight is 347 g/mol. The molecular weight excluding hydrogens is 330 g/mol. The van der Waals surface area contributed by atoms with Crippen molar-refractivity contribution in [2.45, 2.75) is 19.8 Å². The van der Waals surface area contributed by atoms with Crippen molar-refractivity contribution in [2.24, 2.45) is 11.8 Å². The molecule has 2 rings (SSSR count). The monoisotopic (exact) mass is 347 g/mol. The lowest BCUT2D eigenvalue weighted by Crippen LogP contribution is -2.47. The molecule has 1 aromatic carbocycles. The molecule has 0 aromatic heterocycles. The SMILES string of the molecule is Cc1cc(C(=O)NNC(=O)[C@H]2CC=CC[C@H]2C(=O)O)ccc1[N+](=O)[O-]. The molecule has 1 aliphatic rings. The van der Waals surface area contributed by atoms with E-state index in [1.807, 2.05) is 0 Å². The summed E-state index contributed by atoms with van der Waals surface area (Å²) in [6.07, 6.45) is 3.96. The van der Waals surface area contributed by atoms with Crippen LogP contribution in [0.3, 0.4) is 0 Å². The Labute approximate surface area is 142 Å². The number of nitro benzene ring substituents is 1. The first-order valence-electron chi connectivity index (χ1n) is 7.54. The minimum atomic E-state index is -1.07. The van der Waals surface area contributed by atoms with E-state index in [0.717, 1.165) is 0 Å². The van der Waals surface area contributed by atoms with Gasteiger partial charge < -0.3 is 5.11 Å². The smallest absolute Gasteiger partial charge is 0.307 e. The van der Waals surface area contributed by atoms with Crippen LogP contribution in [0.15, 0.2) is 30.4 Å². The highest BCUT2D eigenvalue weighted by molar-refractivity contribution is 5.96. The first kappa shape index (κ1) is 18.1. The molecule has 1 aliphatic carbocycles. The largest absolute Gasteiger partial charge is 0.481 e. The number of aryl methyl sites for hydroxylation is 1. The molecule has 0 saturated heterocycles. The van der Waals surface area contributed by atoms with Gasteiger partial charge in [0.25, 0.3) is 11.6 Å². The van der Waals surface area contributed by atoms with Crippen LogP contribution in [0.5, 0.6) is 0 Å². The second-order valence-electron chi connectivity index (χ2n) is 5.70. The molecule has 0 heterocycles. The lowest BCUT2D eigenvalue weighted by atomic mass is 9.82. The van der Waals surface area contributed by atoms with E-state index in [1.54, 1.807) is 12.2 Å². The van der Waals surface area contributed by atoms with Crippen LogP contribution in [0.1, 0.15) is 28.8 Å². The Hall–Kier alpha value is -3.23. The molecule has 0 bridgehead atoms. The molecule has 2 atom stereocenters. The van der Waals surface area contributed by atoms with Gasteiger partial charge in [0.2, 0.25) is 5.91 Å². The maximum absolute atomic E-state index is 12.1. The number of hydrogen-bond acceptors (Lipinski definition) is 5. The number of allylic oxidation sites excluding steroid dienone is 2. The fraction of sp³-hybridized carbons (Fsp3) is 0.312. The Morgan fingerprint density at radius 3 is 2.36 bits per heavy atom. The van der Waals surface area contributed by atoms with Crippen LogP contribution in [-0.2, 0) is 9.59 Å². The summed E-state index contributed by atoms with van der Waals surface area (Å²) in [5, 5.41) is 19.9. The number of hydrogen-bond donors (Lipinski definition) is 3. The van der Waals surface area contributed by atoms with Crippen molar-refractivity contribution in [1.29, 1.82) is 0 Å². The first-order chi connectivity index (χ1) is 11.8. The number of nitrogens with one attached hydrogen (secondary N) is 2. The van der Waals surface area contributed by atoms with Gasteiger partial charge in [-0.05, 0) is 31.9 Å². The zero-order chi connectivity index (χ0) is 18.6. The fourth-order valence-electron chi connectivity index (χ4n) is 2.66. The van der Waals surface area contributed by atoms with Crippen LogP contribution in [0.2, 0.25) is 0 Å². The molecule has 3 N–H and O–H groups in total. The number of hydrazine groups is 1. The predicted octanol–water partition coefficient (Wildman–Crippen LogP) is 1.33. The van der Waals surface area contributed by atoms with E-state index >= 15 is 0 Å². The highest BCUT2D eigenvalue weighted by Crippen LogP contribution is 2.25. The maximum Gasteiger partial charge on any atom is 0.307 e. The molecule has 1 aromatic rings. The van der Waals surface area contributed by atoms with Crippen LogP contribution < -0.4 is 10.9 Å². The Balaban J connectivity index is 2.00. The molecule has 0 unspecified atom stereocenters. The van der Waals surface area contributed by atoms with Gasteiger partial charge >= 0.3 is 5.97 Å². The molecule has 0 spiro atoms. The van der Waals surface area contributed by atoms with E-state index in [1.165, 1.54) is 25.1 Å². The second-order valence-corrected chi connectivity index (χ2v) is 5.70. The molecular formula is C16H17N3O6. The van der Waals surface area contributed by atoms with Gasteiger partial charge in [0, 0.05) is 17.2 Å². The molecule has 0 aliphatic heterocycles. The van der Waals surface area contributed by atoms with Crippen molar-refractivity contribution in [3.05, 3.63) is 51.6 Å². The summed E-state index contributed by atoms with van der Waals surface area (Å²) in [6.45, 7) is 1.50. The third-order valence-corrected chi connectivity index (χ3v) is 4.04. The highest BCUT2D eigenvalue weighted by atomic mass is 16.6. The number of carboxylic acid groups (broad SMARTS) is 1. The van der Waals surface area contributed by atoms with Gasteiger partial charge in [-0.25, -0.2) is 0 Å². The lowest BCUT2D eigenvalue weighted by molar-refractivity contribution is -0.385. The maximum atomic E-state index is 12.1.